The second-order valence-electron chi connectivity index (χ2n) is 5.24. The molecule has 0 aliphatic carbocycles. The number of rotatable bonds is 1. The summed E-state index contributed by atoms with van der Waals surface area (Å²) >= 11 is 6.53. The van der Waals surface area contributed by atoms with Crippen molar-refractivity contribution < 1.29 is 9.18 Å². The van der Waals surface area contributed by atoms with E-state index in [4.69, 9.17) is 12.2 Å². The molecule has 1 saturated heterocycles. The van der Waals surface area contributed by atoms with E-state index in [-0.39, 0.29) is 17.3 Å². The van der Waals surface area contributed by atoms with Crippen molar-refractivity contribution in [2.24, 2.45) is 0 Å². The first kappa shape index (κ1) is 14.2. The van der Waals surface area contributed by atoms with Gasteiger partial charge in [0, 0.05) is 5.54 Å². The molecule has 100 valence electrons. The molecule has 0 saturated carbocycles. The zero-order valence-corrected chi connectivity index (χ0v) is 12.6. The Morgan fingerprint density at radius 2 is 1.84 bits per heavy atom. The van der Waals surface area contributed by atoms with Crippen LogP contribution in [0.5, 0.6) is 0 Å². The average molecular weight is 295 g/mol. The summed E-state index contributed by atoms with van der Waals surface area (Å²) in [7, 11) is 0. The minimum Gasteiger partial charge on any atom is -0.288 e. The topological polar surface area (TPSA) is 20.3 Å². The molecule has 0 spiro atoms. The number of hydrogen-bond donors (Lipinski definition) is 0. The molecule has 1 fully saturated rings. The van der Waals surface area contributed by atoms with Gasteiger partial charge in [-0.25, -0.2) is 4.39 Å². The van der Waals surface area contributed by atoms with E-state index in [1.165, 1.54) is 23.9 Å². The van der Waals surface area contributed by atoms with Crippen LogP contribution in [-0.2, 0) is 4.79 Å². The average Bonchev–Trinajstić information content (AvgIpc) is 2.56. The van der Waals surface area contributed by atoms with Gasteiger partial charge < -0.3 is 0 Å². The Morgan fingerprint density at radius 1 is 1.26 bits per heavy atom. The highest BCUT2D eigenvalue weighted by molar-refractivity contribution is 8.26. The van der Waals surface area contributed by atoms with Gasteiger partial charge in [0.2, 0.25) is 0 Å². The summed E-state index contributed by atoms with van der Waals surface area (Å²) in [6.07, 6.45) is 1.74. The summed E-state index contributed by atoms with van der Waals surface area (Å²) in [5.74, 6) is -0.383. The molecular formula is C14H14FNOS2. The molecule has 0 bridgehead atoms. The third-order valence-electron chi connectivity index (χ3n) is 2.63. The molecule has 0 atom stereocenters. The third-order valence-corrected chi connectivity index (χ3v) is 3.93. The molecule has 1 amide bonds. The van der Waals surface area contributed by atoms with Crippen LogP contribution in [0.3, 0.4) is 0 Å². The van der Waals surface area contributed by atoms with Crippen LogP contribution >= 0.6 is 24.0 Å². The number of benzene rings is 1. The van der Waals surface area contributed by atoms with Crippen LogP contribution in [0.15, 0.2) is 29.2 Å². The van der Waals surface area contributed by atoms with Crippen molar-refractivity contribution in [2.45, 2.75) is 26.3 Å². The lowest BCUT2D eigenvalue weighted by molar-refractivity contribution is -0.125. The van der Waals surface area contributed by atoms with Gasteiger partial charge in [0.1, 0.15) is 10.1 Å². The standard InChI is InChI=1S/C14H14FNOS2/c1-14(2,3)16-12(17)11(19-13(16)18)8-9-4-6-10(15)7-5-9/h4-8H,1-3H3. The van der Waals surface area contributed by atoms with E-state index in [0.29, 0.717) is 9.23 Å². The Labute approximate surface area is 121 Å². The molecule has 1 heterocycles. The van der Waals surface area contributed by atoms with Crippen LogP contribution in [0, 0.1) is 5.82 Å². The second kappa shape index (κ2) is 5.06. The fraction of sp³-hybridized carbons (Fsp3) is 0.286. The molecule has 0 radical (unpaired) electrons. The van der Waals surface area contributed by atoms with Gasteiger partial charge >= 0.3 is 0 Å². The van der Waals surface area contributed by atoms with Crippen molar-refractivity contribution in [1.82, 2.24) is 4.90 Å². The summed E-state index contributed by atoms with van der Waals surface area (Å²) in [5, 5.41) is 0. The lowest BCUT2D eigenvalue weighted by atomic mass is 10.1. The third kappa shape index (κ3) is 3.04. The SMILES string of the molecule is CC(C)(C)N1C(=O)C(=Cc2ccc(F)cc2)SC1=S. The summed E-state index contributed by atoms with van der Waals surface area (Å²) in [6, 6.07) is 6.02. The molecule has 1 aliphatic heterocycles. The highest BCUT2D eigenvalue weighted by Crippen LogP contribution is 2.36. The maximum absolute atomic E-state index is 12.8. The van der Waals surface area contributed by atoms with Gasteiger partial charge in [0.05, 0.1) is 4.91 Å². The lowest BCUT2D eigenvalue weighted by Crippen LogP contribution is -2.44. The zero-order chi connectivity index (χ0) is 14.2. The smallest absolute Gasteiger partial charge is 0.266 e. The highest BCUT2D eigenvalue weighted by Gasteiger charge is 2.38. The van der Waals surface area contributed by atoms with Crippen molar-refractivity contribution in [1.29, 1.82) is 0 Å². The van der Waals surface area contributed by atoms with E-state index in [9.17, 15) is 9.18 Å². The summed E-state index contributed by atoms with van der Waals surface area (Å²) in [4.78, 5) is 14.5. The van der Waals surface area contributed by atoms with Gasteiger partial charge in [-0.05, 0) is 44.5 Å². The Balaban J connectivity index is 2.31. The van der Waals surface area contributed by atoms with Crippen LogP contribution in [0.25, 0.3) is 6.08 Å². The fourth-order valence-electron chi connectivity index (χ4n) is 1.76. The largest absolute Gasteiger partial charge is 0.288 e. The van der Waals surface area contributed by atoms with Crippen LogP contribution in [0.1, 0.15) is 26.3 Å². The zero-order valence-electron chi connectivity index (χ0n) is 10.9. The molecule has 1 aromatic carbocycles. The molecule has 1 aliphatic rings. The van der Waals surface area contributed by atoms with Gasteiger partial charge in [0.25, 0.3) is 5.91 Å². The first-order valence-corrected chi connectivity index (χ1v) is 7.05. The Morgan fingerprint density at radius 3 is 2.32 bits per heavy atom. The monoisotopic (exact) mass is 295 g/mol. The van der Waals surface area contributed by atoms with Crippen molar-refractivity contribution in [3.8, 4) is 0 Å². The van der Waals surface area contributed by atoms with E-state index in [1.54, 1.807) is 23.1 Å². The molecule has 1 aromatic rings. The van der Waals surface area contributed by atoms with Gasteiger partial charge in [0.15, 0.2) is 0 Å². The molecule has 2 rings (SSSR count). The van der Waals surface area contributed by atoms with Gasteiger partial charge in [-0.3, -0.25) is 9.69 Å². The number of thioether (sulfide) groups is 1. The summed E-state index contributed by atoms with van der Waals surface area (Å²) in [5.41, 5.74) is 0.454. The summed E-state index contributed by atoms with van der Waals surface area (Å²) in [6.45, 7) is 5.83. The molecule has 2 nitrogen and oxygen atoms in total. The number of nitrogens with zero attached hydrogens (tertiary/aromatic N) is 1. The Kier molecular flexibility index (Phi) is 3.78. The number of halogens is 1. The van der Waals surface area contributed by atoms with Crippen LogP contribution < -0.4 is 0 Å². The van der Waals surface area contributed by atoms with E-state index in [2.05, 4.69) is 0 Å². The number of carbonyl (C=O) groups excluding carboxylic acids is 1. The first-order chi connectivity index (χ1) is 8.79. The lowest BCUT2D eigenvalue weighted by Gasteiger charge is -2.30. The van der Waals surface area contributed by atoms with Crippen molar-refractivity contribution in [3.05, 3.63) is 40.6 Å². The molecule has 5 heteroatoms. The van der Waals surface area contributed by atoms with Gasteiger partial charge in [-0.2, -0.15) is 0 Å². The molecule has 0 aromatic heterocycles. The molecule has 19 heavy (non-hydrogen) atoms. The van der Waals surface area contributed by atoms with E-state index in [0.717, 1.165) is 5.56 Å². The number of hydrogen-bond acceptors (Lipinski definition) is 3. The van der Waals surface area contributed by atoms with E-state index < -0.39 is 0 Å². The quantitative estimate of drug-likeness (QED) is 0.580. The number of thiocarbonyl (C=S) groups is 1. The number of carbonyl (C=O) groups is 1. The predicted molar refractivity (Wildman–Crippen MR) is 81.2 cm³/mol. The Bertz CT molecular complexity index is 558. The predicted octanol–water partition coefficient (Wildman–Crippen LogP) is 3.83. The maximum atomic E-state index is 12.8. The highest BCUT2D eigenvalue weighted by atomic mass is 32.2. The molecule has 0 unspecified atom stereocenters. The van der Waals surface area contributed by atoms with Crippen LogP contribution in [-0.4, -0.2) is 20.7 Å². The molecule has 0 N–H and O–H groups in total. The van der Waals surface area contributed by atoms with Gasteiger partial charge in [-0.15, -0.1) is 0 Å². The van der Waals surface area contributed by atoms with Crippen LogP contribution in [0.2, 0.25) is 0 Å². The van der Waals surface area contributed by atoms with E-state index >= 15 is 0 Å². The minimum atomic E-state index is -0.334. The normalized spacial score (nSPS) is 18.5. The Hall–Kier alpha value is -1.20. The molecular weight excluding hydrogens is 281 g/mol. The van der Waals surface area contributed by atoms with Crippen molar-refractivity contribution in [2.75, 3.05) is 0 Å². The first-order valence-electron chi connectivity index (χ1n) is 5.83. The van der Waals surface area contributed by atoms with Crippen molar-refractivity contribution in [3.63, 3.8) is 0 Å². The maximum Gasteiger partial charge on any atom is 0.266 e. The summed E-state index contributed by atoms with van der Waals surface area (Å²) < 4.78 is 13.4. The van der Waals surface area contributed by atoms with Crippen molar-refractivity contribution >= 4 is 40.3 Å². The minimum absolute atomic E-state index is 0.0909. The van der Waals surface area contributed by atoms with E-state index in [1.807, 2.05) is 20.8 Å². The second-order valence-corrected chi connectivity index (χ2v) is 6.92. The fourth-order valence-corrected chi connectivity index (χ4v) is 3.39. The number of amides is 1. The van der Waals surface area contributed by atoms with Gasteiger partial charge in [-0.1, -0.05) is 36.1 Å². The van der Waals surface area contributed by atoms with Crippen LogP contribution in [0.4, 0.5) is 4.39 Å².